The number of anilines is 2. The molecule has 4 nitrogen and oxygen atoms in total. The number of nitrogens with zero attached hydrogens (tertiary/aromatic N) is 1. The number of piperidine rings is 1. The lowest BCUT2D eigenvalue weighted by Crippen LogP contribution is -2.41. The molecule has 2 rings (SSSR count). The van der Waals surface area contributed by atoms with E-state index >= 15 is 0 Å². The summed E-state index contributed by atoms with van der Waals surface area (Å²) in [5.74, 6) is -0.0429. The van der Waals surface area contributed by atoms with Crippen molar-refractivity contribution in [2.75, 3.05) is 30.7 Å². The van der Waals surface area contributed by atoms with Crippen LogP contribution >= 0.6 is 11.6 Å². The number of nitrogens with one attached hydrogen (secondary N) is 1. The number of nitrogens with two attached hydrogens (primary N) is 1. The van der Waals surface area contributed by atoms with Crippen molar-refractivity contribution in [2.24, 2.45) is 5.41 Å². The molecule has 3 N–H and O–H groups in total. The molecule has 1 aliphatic heterocycles. The predicted octanol–water partition coefficient (Wildman–Crippen LogP) is 2.98. The molecule has 1 aromatic rings. The van der Waals surface area contributed by atoms with E-state index in [4.69, 9.17) is 17.3 Å². The van der Waals surface area contributed by atoms with Crippen molar-refractivity contribution in [1.29, 1.82) is 0 Å². The van der Waals surface area contributed by atoms with E-state index in [0.29, 0.717) is 28.4 Å². The van der Waals surface area contributed by atoms with E-state index in [2.05, 4.69) is 24.1 Å². The van der Waals surface area contributed by atoms with Gasteiger partial charge in [-0.1, -0.05) is 25.4 Å². The number of rotatable bonds is 3. The third-order valence-electron chi connectivity index (χ3n) is 3.87. The van der Waals surface area contributed by atoms with Crippen molar-refractivity contribution >= 4 is 28.9 Å². The van der Waals surface area contributed by atoms with Gasteiger partial charge in [0.15, 0.2) is 0 Å². The largest absolute Gasteiger partial charge is 0.397 e. The molecule has 1 aromatic carbocycles. The summed E-state index contributed by atoms with van der Waals surface area (Å²) in [4.78, 5) is 14.2. The molecule has 0 aromatic heterocycles. The van der Waals surface area contributed by atoms with Gasteiger partial charge >= 0.3 is 0 Å². The lowest BCUT2D eigenvalue weighted by molar-refractivity contribution is -0.117. The molecule has 1 aliphatic rings. The molecule has 0 spiro atoms. The summed E-state index contributed by atoms with van der Waals surface area (Å²) in [5.41, 5.74) is 7.33. The highest BCUT2D eigenvalue weighted by atomic mass is 35.5. The van der Waals surface area contributed by atoms with Crippen LogP contribution in [0.15, 0.2) is 18.2 Å². The van der Waals surface area contributed by atoms with Crippen LogP contribution in [0.1, 0.15) is 26.7 Å². The average Bonchev–Trinajstić information content (AvgIpc) is 2.36. The van der Waals surface area contributed by atoms with Crippen LogP contribution in [0.25, 0.3) is 0 Å². The SMILES string of the molecule is CC1(C)CCN(CC(=O)Nc2cc(Cl)ccc2N)CC1. The van der Waals surface area contributed by atoms with Gasteiger partial charge in [0.05, 0.1) is 17.9 Å². The molecule has 0 aliphatic carbocycles. The lowest BCUT2D eigenvalue weighted by Gasteiger charge is -2.36. The third-order valence-corrected chi connectivity index (χ3v) is 4.10. The molecule has 0 unspecified atom stereocenters. The predicted molar refractivity (Wildman–Crippen MR) is 83.9 cm³/mol. The number of hydrogen-bond acceptors (Lipinski definition) is 3. The number of benzene rings is 1. The maximum atomic E-state index is 12.1. The summed E-state index contributed by atoms with van der Waals surface area (Å²) in [6, 6.07) is 5.08. The Hall–Kier alpha value is -1.26. The number of nitrogen functional groups attached to an aromatic ring is 1. The summed E-state index contributed by atoms with van der Waals surface area (Å²) in [6.07, 6.45) is 2.25. The second-order valence-corrected chi connectivity index (χ2v) is 6.66. The van der Waals surface area contributed by atoms with E-state index < -0.39 is 0 Å². The highest BCUT2D eigenvalue weighted by Gasteiger charge is 2.26. The van der Waals surface area contributed by atoms with Crippen LogP contribution in [0.2, 0.25) is 5.02 Å². The van der Waals surface area contributed by atoms with Gasteiger partial charge in [-0.25, -0.2) is 0 Å². The van der Waals surface area contributed by atoms with Crippen LogP contribution in [0.4, 0.5) is 11.4 Å². The molecule has 5 heteroatoms. The molecule has 1 heterocycles. The van der Waals surface area contributed by atoms with Gasteiger partial charge in [0.25, 0.3) is 0 Å². The molecule has 1 fully saturated rings. The topological polar surface area (TPSA) is 58.4 Å². The summed E-state index contributed by atoms with van der Waals surface area (Å²) in [7, 11) is 0. The van der Waals surface area contributed by atoms with Crippen LogP contribution in [0, 0.1) is 5.41 Å². The van der Waals surface area contributed by atoms with Gasteiger partial charge in [0.2, 0.25) is 5.91 Å². The van der Waals surface area contributed by atoms with Gasteiger partial charge in [0, 0.05) is 5.02 Å². The van der Waals surface area contributed by atoms with E-state index in [1.165, 1.54) is 0 Å². The maximum Gasteiger partial charge on any atom is 0.238 e. The zero-order valence-corrected chi connectivity index (χ0v) is 12.8. The fraction of sp³-hybridized carbons (Fsp3) is 0.533. The van der Waals surface area contributed by atoms with Crippen molar-refractivity contribution in [1.82, 2.24) is 4.90 Å². The number of carbonyl (C=O) groups is 1. The summed E-state index contributed by atoms with van der Waals surface area (Å²) < 4.78 is 0. The first-order valence-electron chi connectivity index (χ1n) is 6.93. The fourth-order valence-corrected chi connectivity index (χ4v) is 2.52. The Morgan fingerprint density at radius 3 is 2.70 bits per heavy atom. The van der Waals surface area contributed by atoms with Crippen LogP contribution in [-0.2, 0) is 4.79 Å². The number of likely N-dealkylation sites (tertiary alicyclic amines) is 1. The Morgan fingerprint density at radius 1 is 1.40 bits per heavy atom. The van der Waals surface area contributed by atoms with E-state index in [0.717, 1.165) is 25.9 Å². The van der Waals surface area contributed by atoms with Crippen LogP contribution < -0.4 is 11.1 Å². The first-order valence-corrected chi connectivity index (χ1v) is 7.31. The molecule has 0 radical (unpaired) electrons. The normalized spacial score (nSPS) is 18.8. The minimum Gasteiger partial charge on any atom is -0.397 e. The van der Waals surface area contributed by atoms with Crippen LogP contribution in [0.5, 0.6) is 0 Å². The van der Waals surface area contributed by atoms with Crippen molar-refractivity contribution in [3.8, 4) is 0 Å². The fourth-order valence-electron chi connectivity index (χ4n) is 2.35. The zero-order chi connectivity index (χ0) is 14.8. The first-order chi connectivity index (χ1) is 9.35. The molecule has 110 valence electrons. The van der Waals surface area contributed by atoms with Crippen molar-refractivity contribution < 1.29 is 4.79 Å². The number of halogens is 1. The minimum absolute atomic E-state index is 0.0429. The monoisotopic (exact) mass is 295 g/mol. The Balaban J connectivity index is 1.88. The summed E-state index contributed by atoms with van der Waals surface area (Å²) >= 11 is 5.91. The molecular formula is C15H22ClN3O. The van der Waals surface area contributed by atoms with Gasteiger partial charge in [-0.3, -0.25) is 9.69 Å². The zero-order valence-electron chi connectivity index (χ0n) is 12.1. The van der Waals surface area contributed by atoms with Crippen molar-refractivity contribution in [2.45, 2.75) is 26.7 Å². The Labute approximate surface area is 125 Å². The molecular weight excluding hydrogens is 274 g/mol. The first kappa shape index (κ1) is 15.1. The second kappa shape index (κ2) is 6.02. The molecule has 1 saturated heterocycles. The van der Waals surface area contributed by atoms with E-state index in [9.17, 15) is 4.79 Å². The highest BCUT2D eigenvalue weighted by molar-refractivity contribution is 6.31. The minimum atomic E-state index is -0.0429. The van der Waals surface area contributed by atoms with E-state index in [1.54, 1.807) is 18.2 Å². The van der Waals surface area contributed by atoms with Gasteiger partial charge in [-0.05, 0) is 49.5 Å². The Kier molecular flexibility index (Phi) is 4.55. The Morgan fingerprint density at radius 2 is 2.05 bits per heavy atom. The van der Waals surface area contributed by atoms with Crippen molar-refractivity contribution in [3.63, 3.8) is 0 Å². The molecule has 1 amide bonds. The molecule has 0 atom stereocenters. The van der Waals surface area contributed by atoms with E-state index in [1.807, 2.05) is 0 Å². The molecule has 20 heavy (non-hydrogen) atoms. The quantitative estimate of drug-likeness (QED) is 0.843. The number of amides is 1. The van der Waals surface area contributed by atoms with Crippen LogP contribution in [-0.4, -0.2) is 30.4 Å². The number of carbonyl (C=O) groups excluding carboxylic acids is 1. The number of hydrogen-bond donors (Lipinski definition) is 2. The standard InChI is InChI=1S/C15H22ClN3O/c1-15(2)5-7-19(8-6-15)10-14(20)18-13-9-11(16)3-4-12(13)17/h3-4,9H,5-8,10,17H2,1-2H3,(H,18,20). The van der Waals surface area contributed by atoms with Gasteiger partial charge in [-0.15, -0.1) is 0 Å². The van der Waals surface area contributed by atoms with Gasteiger partial charge < -0.3 is 11.1 Å². The van der Waals surface area contributed by atoms with Crippen LogP contribution in [0.3, 0.4) is 0 Å². The third kappa shape index (κ3) is 4.12. The Bertz CT molecular complexity index is 492. The van der Waals surface area contributed by atoms with Gasteiger partial charge in [-0.2, -0.15) is 0 Å². The lowest BCUT2D eigenvalue weighted by atomic mass is 9.83. The molecule has 0 bridgehead atoms. The summed E-state index contributed by atoms with van der Waals surface area (Å²) in [6.45, 7) is 6.88. The van der Waals surface area contributed by atoms with Crippen molar-refractivity contribution in [3.05, 3.63) is 23.2 Å². The van der Waals surface area contributed by atoms with Gasteiger partial charge in [0.1, 0.15) is 0 Å². The average molecular weight is 296 g/mol. The highest BCUT2D eigenvalue weighted by Crippen LogP contribution is 2.29. The smallest absolute Gasteiger partial charge is 0.238 e. The maximum absolute atomic E-state index is 12.1. The molecule has 0 saturated carbocycles. The van der Waals surface area contributed by atoms with E-state index in [-0.39, 0.29) is 5.91 Å². The summed E-state index contributed by atoms with van der Waals surface area (Å²) in [5, 5.41) is 3.39. The second-order valence-electron chi connectivity index (χ2n) is 6.22.